The third-order valence-electron chi connectivity index (χ3n) is 2.92. The van der Waals surface area contributed by atoms with E-state index in [-0.39, 0.29) is 18.9 Å². The number of hydrogen-bond donors (Lipinski definition) is 2. The van der Waals surface area contributed by atoms with E-state index < -0.39 is 5.97 Å². The average Bonchev–Trinajstić information content (AvgIpc) is 2.41. The molecule has 0 aliphatic heterocycles. The number of ether oxygens (including phenoxy) is 1. The van der Waals surface area contributed by atoms with Crippen molar-refractivity contribution in [1.29, 1.82) is 0 Å². The summed E-state index contributed by atoms with van der Waals surface area (Å²) in [5.41, 5.74) is 1.81. The predicted molar refractivity (Wildman–Crippen MR) is 80.4 cm³/mol. The van der Waals surface area contributed by atoms with Crippen molar-refractivity contribution in [2.75, 3.05) is 38.7 Å². The summed E-state index contributed by atoms with van der Waals surface area (Å²) in [4.78, 5) is 24.4. The maximum atomic E-state index is 12.0. The zero-order valence-electron chi connectivity index (χ0n) is 12.5. The molecule has 0 aromatic heterocycles. The highest BCUT2D eigenvalue weighted by atomic mass is 16.5. The molecule has 0 aliphatic rings. The molecule has 0 saturated carbocycles. The van der Waals surface area contributed by atoms with Gasteiger partial charge >= 0.3 is 5.97 Å². The molecule has 0 spiro atoms. The molecule has 116 valence electrons. The van der Waals surface area contributed by atoms with Crippen LogP contribution in [0, 0.1) is 6.92 Å². The van der Waals surface area contributed by atoms with Crippen LogP contribution in [0.5, 0.6) is 0 Å². The third kappa shape index (κ3) is 7.43. The third-order valence-corrected chi connectivity index (χ3v) is 2.92. The molecule has 1 aromatic rings. The lowest BCUT2D eigenvalue weighted by atomic mass is 10.2. The van der Waals surface area contributed by atoms with Crippen LogP contribution in [0.4, 0.5) is 5.69 Å². The molecule has 0 unspecified atom stereocenters. The molecule has 1 amide bonds. The first-order valence-electron chi connectivity index (χ1n) is 6.81. The van der Waals surface area contributed by atoms with E-state index in [0.717, 1.165) is 11.3 Å². The second kappa shape index (κ2) is 9.10. The van der Waals surface area contributed by atoms with Gasteiger partial charge < -0.3 is 15.2 Å². The number of nitrogens with one attached hydrogen (secondary N) is 1. The number of aryl methyl sites for hydroxylation is 1. The Labute approximate surface area is 124 Å². The van der Waals surface area contributed by atoms with Gasteiger partial charge in [-0.3, -0.25) is 14.5 Å². The van der Waals surface area contributed by atoms with E-state index in [1.165, 1.54) is 0 Å². The van der Waals surface area contributed by atoms with Crippen LogP contribution in [-0.4, -0.2) is 55.2 Å². The summed E-state index contributed by atoms with van der Waals surface area (Å²) in [5, 5.41) is 11.5. The van der Waals surface area contributed by atoms with Gasteiger partial charge in [-0.25, -0.2) is 0 Å². The normalized spacial score (nSPS) is 10.6. The number of carbonyl (C=O) groups excluding carboxylic acids is 1. The van der Waals surface area contributed by atoms with Gasteiger partial charge in [-0.15, -0.1) is 0 Å². The van der Waals surface area contributed by atoms with E-state index >= 15 is 0 Å². The Balaban J connectivity index is 2.51. The molecule has 1 aromatic carbocycles. The molecule has 21 heavy (non-hydrogen) atoms. The highest BCUT2D eigenvalue weighted by Crippen LogP contribution is 2.09. The smallest absolute Gasteiger partial charge is 0.304 e. The second-order valence-corrected chi connectivity index (χ2v) is 4.83. The zero-order chi connectivity index (χ0) is 15.7. The van der Waals surface area contributed by atoms with Crippen molar-refractivity contribution in [2.45, 2.75) is 13.3 Å². The Morgan fingerprint density at radius 1 is 1.33 bits per heavy atom. The predicted octanol–water partition coefficient (Wildman–Crippen LogP) is 1.36. The number of hydrogen-bond acceptors (Lipinski definition) is 4. The second-order valence-electron chi connectivity index (χ2n) is 4.83. The molecule has 0 heterocycles. The monoisotopic (exact) mass is 294 g/mol. The summed E-state index contributed by atoms with van der Waals surface area (Å²) in [7, 11) is 1.57. The fourth-order valence-corrected chi connectivity index (χ4v) is 1.87. The van der Waals surface area contributed by atoms with Gasteiger partial charge in [-0.05, 0) is 24.6 Å². The first kappa shape index (κ1) is 17.1. The Hall–Kier alpha value is -1.92. The lowest BCUT2D eigenvalue weighted by molar-refractivity contribution is -0.137. The Bertz CT molecular complexity index is 476. The van der Waals surface area contributed by atoms with Gasteiger partial charge in [0.2, 0.25) is 5.91 Å². The summed E-state index contributed by atoms with van der Waals surface area (Å²) < 4.78 is 4.97. The van der Waals surface area contributed by atoms with Gasteiger partial charge in [-0.2, -0.15) is 0 Å². The minimum absolute atomic E-state index is 0.00143. The first-order chi connectivity index (χ1) is 10.0. The van der Waals surface area contributed by atoms with E-state index in [9.17, 15) is 9.59 Å². The molecule has 0 radical (unpaired) electrons. The average molecular weight is 294 g/mol. The largest absolute Gasteiger partial charge is 0.481 e. The van der Waals surface area contributed by atoms with Gasteiger partial charge in [0.05, 0.1) is 19.6 Å². The minimum Gasteiger partial charge on any atom is -0.481 e. The van der Waals surface area contributed by atoms with Gasteiger partial charge in [0, 0.05) is 25.9 Å². The van der Waals surface area contributed by atoms with Gasteiger partial charge in [0.25, 0.3) is 0 Å². The number of aliphatic carboxylic acids is 1. The van der Waals surface area contributed by atoms with Crippen LogP contribution in [0.3, 0.4) is 0 Å². The van der Waals surface area contributed by atoms with Crippen molar-refractivity contribution in [1.82, 2.24) is 4.90 Å². The number of methoxy groups -OCH3 is 1. The minimum atomic E-state index is -0.878. The zero-order valence-corrected chi connectivity index (χ0v) is 12.5. The molecule has 2 N–H and O–H groups in total. The molecule has 0 bridgehead atoms. The molecule has 0 fully saturated rings. The van der Waals surface area contributed by atoms with E-state index in [4.69, 9.17) is 9.84 Å². The summed E-state index contributed by atoms with van der Waals surface area (Å²) in [6, 6.07) is 7.53. The van der Waals surface area contributed by atoms with Gasteiger partial charge in [0.15, 0.2) is 0 Å². The molecule has 0 atom stereocenters. The molecule has 1 rings (SSSR count). The molecular weight excluding hydrogens is 272 g/mol. The standard InChI is InChI=1S/C15H22N2O4/c1-12-4-3-5-13(10-12)16-14(18)11-17(8-9-21-2)7-6-15(19)20/h3-5,10H,6-9,11H2,1-2H3,(H,16,18)(H,19,20). The molecular formula is C15H22N2O4. The van der Waals surface area contributed by atoms with Crippen molar-refractivity contribution < 1.29 is 19.4 Å². The Morgan fingerprint density at radius 2 is 2.10 bits per heavy atom. The quantitative estimate of drug-likeness (QED) is 0.719. The van der Waals surface area contributed by atoms with Gasteiger partial charge in [-0.1, -0.05) is 12.1 Å². The summed E-state index contributed by atoms with van der Waals surface area (Å²) >= 11 is 0. The number of benzene rings is 1. The van der Waals surface area contributed by atoms with Crippen LogP contribution in [0.1, 0.15) is 12.0 Å². The van der Waals surface area contributed by atoms with E-state index in [1.807, 2.05) is 31.2 Å². The molecule has 6 nitrogen and oxygen atoms in total. The van der Waals surface area contributed by atoms with E-state index in [2.05, 4.69) is 5.32 Å². The Kier molecular flexibility index (Phi) is 7.42. The summed E-state index contributed by atoms with van der Waals surface area (Å²) in [6.07, 6.45) is 0.00143. The van der Waals surface area contributed by atoms with Crippen LogP contribution < -0.4 is 5.32 Å². The number of amides is 1. The first-order valence-corrected chi connectivity index (χ1v) is 6.81. The van der Waals surface area contributed by atoms with Crippen molar-refractivity contribution in [3.63, 3.8) is 0 Å². The number of carboxylic acids is 1. The topological polar surface area (TPSA) is 78.9 Å². The van der Waals surface area contributed by atoms with Crippen molar-refractivity contribution in [3.05, 3.63) is 29.8 Å². The van der Waals surface area contributed by atoms with Gasteiger partial charge in [0.1, 0.15) is 0 Å². The number of rotatable bonds is 9. The van der Waals surface area contributed by atoms with Crippen molar-refractivity contribution >= 4 is 17.6 Å². The number of anilines is 1. The number of nitrogens with zero attached hydrogens (tertiary/aromatic N) is 1. The highest BCUT2D eigenvalue weighted by Gasteiger charge is 2.12. The van der Waals surface area contributed by atoms with Crippen LogP contribution in [0.25, 0.3) is 0 Å². The van der Waals surface area contributed by atoms with Crippen LogP contribution in [0.2, 0.25) is 0 Å². The van der Waals surface area contributed by atoms with Crippen LogP contribution >= 0.6 is 0 Å². The SMILES string of the molecule is COCCN(CCC(=O)O)CC(=O)Nc1cccc(C)c1. The van der Waals surface area contributed by atoms with Crippen LogP contribution in [0.15, 0.2) is 24.3 Å². The molecule has 0 aliphatic carbocycles. The highest BCUT2D eigenvalue weighted by molar-refractivity contribution is 5.92. The summed E-state index contributed by atoms with van der Waals surface area (Å²) in [5.74, 6) is -1.04. The summed E-state index contributed by atoms with van der Waals surface area (Å²) in [6.45, 7) is 3.39. The fourth-order valence-electron chi connectivity index (χ4n) is 1.87. The van der Waals surface area contributed by atoms with Crippen LogP contribution in [-0.2, 0) is 14.3 Å². The number of carboxylic acid groups (broad SMARTS) is 1. The fraction of sp³-hybridized carbons (Fsp3) is 0.467. The van der Waals surface area contributed by atoms with Crippen molar-refractivity contribution in [3.8, 4) is 0 Å². The lowest BCUT2D eigenvalue weighted by Gasteiger charge is -2.20. The maximum absolute atomic E-state index is 12.0. The van der Waals surface area contributed by atoms with Crippen molar-refractivity contribution in [2.24, 2.45) is 0 Å². The molecule has 6 heteroatoms. The lowest BCUT2D eigenvalue weighted by Crippen LogP contribution is -2.36. The van der Waals surface area contributed by atoms with E-state index in [1.54, 1.807) is 12.0 Å². The Morgan fingerprint density at radius 3 is 2.71 bits per heavy atom. The number of carbonyl (C=O) groups is 2. The van der Waals surface area contributed by atoms with E-state index in [0.29, 0.717) is 19.7 Å². The molecule has 0 saturated heterocycles. The maximum Gasteiger partial charge on any atom is 0.304 e.